The van der Waals surface area contributed by atoms with Crippen molar-refractivity contribution in [1.82, 2.24) is 13.7 Å². The Bertz CT molecular complexity index is 2270. The topological polar surface area (TPSA) is 184 Å². The smallest absolute Gasteiger partial charge is 0.336 e. The minimum atomic E-state index is -0.661. The van der Waals surface area contributed by atoms with Crippen molar-refractivity contribution in [3.05, 3.63) is 104 Å². The standard InChI is InChI=1S/C54H75N3O12/c1-49(2)22-37(19-43(58)67-28-40-13-10-16-64-40)25-52(7,31-49)34-55-46(61)56(35-53(8)26-38(23-50(3,4)32-53)20-44(59)68-29-41-14-11-17-65-41)48(63)57(47(55)62)36-54(9)27-39(24-51(5,6)33-54)21-45(60)69-30-42-15-12-18-66-42/h10-18,37-39H,19-36H2,1-9H3. The van der Waals surface area contributed by atoms with Crippen molar-refractivity contribution in [1.29, 1.82) is 0 Å². The summed E-state index contributed by atoms with van der Waals surface area (Å²) >= 11 is 0. The molecule has 4 aromatic heterocycles. The highest BCUT2D eigenvalue weighted by molar-refractivity contribution is 5.70. The van der Waals surface area contributed by atoms with E-state index in [1.165, 1.54) is 32.5 Å². The van der Waals surface area contributed by atoms with Gasteiger partial charge in [0.2, 0.25) is 0 Å². The average Bonchev–Trinajstić information content (AvgIpc) is 4.04. The monoisotopic (exact) mass is 958 g/mol. The van der Waals surface area contributed by atoms with Crippen molar-refractivity contribution >= 4 is 17.9 Å². The first-order valence-corrected chi connectivity index (χ1v) is 24.8. The van der Waals surface area contributed by atoms with Gasteiger partial charge in [0.15, 0.2) is 0 Å². The van der Waals surface area contributed by atoms with Crippen LogP contribution < -0.4 is 17.1 Å². The lowest BCUT2D eigenvalue weighted by molar-refractivity contribution is -0.148. The molecule has 0 saturated heterocycles. The van der Waals surface area contributed by atoms with Crippen molar-refractivity contribution in [2.75, 3.05) is 0 Å². The predicted octanol–water partition coefficient (Wildman–Crippen LogP) is 9.85. The molecule has 0 aliphatic heterocycles. The van der Waals surface area contributed by atoms with Gasteiger partial charge in [-0.05, 0) is 144 Å². The number of carbonyl (C=O) groups excluding carboxylic acids is 3. The molecule has 3 aliphatic rings. The van der Waals surface area contributed by atoms with E-state index in [0.717, 1.165) is 19.3 Å². The fourth-order valence-electron chi connectivity index (χ4n) is 14.1. The molecule has 15 heteroatoms. The lowest BCUT2D eigenvalue weighted by Crippen LogP contribution is -2.59. The summed E-state index contributed by atoms with van der Waals surface area (Å²) in [5.74, 6) is 0.393. The molecule has 0 N–H and O–H groups in total. The van der Waals surface area contributed by atoms with E-state index >= 15 is 14.4 Å². The first-order chi connectivity index (χ1) is 32.3. The third-order valence-corrected chi connectivity index (χ3v) is 14.8. The van der Waals surface area contributed by atoms with Crippen LogP contribution in [0.25, 0.3) is 0 Å². The molecule has 4 aromatic rings. The molecule has 6 atom stereocenters. The molecule has 6 unspecified atom stereocenters. The molecule has 0 radical (unpaired) electrons. The maximum Gasteiger partial charge on any atom is 0.336 e. The Morgan fingerprint density at radius 1 is 0.464 bits per heavy atom. The molecule has 3 saturated carbocycles. The van der Waals surface area contributed by atoms with Gasteiger partial charge in [-0.2, -0.15) is 0 Å². The van der Waals surface area contributed by atoms with Gasteiger partial charge >= 0.3 is 35.0 Å². The number of ether oxygens (including phenoxy) is 3. The number of aromatic nitrogens is 3. The summed E-state index contributed by atoms with van der Waals surface area (Å²) in [6.07, 6.45) is 11.1. The number of hydrogen-bond donors (Lipinski definition) is 0. The van der Waals surface area contributed by atoms with Crippen molar-refractivity contribution in [3.63, 3.8) is 0 Å². The highest BCUT2D eigenvalue weighted by Crippen LogP contribution is 2.53. The zero-order valence-electron chi connectivity index (χ0n) is 42.4. The van der Waals surface area contributed by atoms with E-state index in [2.05, 4.69) is 62.3 Å². The number of carbonyl (C=O) groups is 3. The zero-order valence-corrected chi connectivity index (χ0v) is 42.4. The van der Waals surface area contributed by atoms with Crippen LogP contribution in [0.4, 0.5) is 0 Å². The van der Waals surface area contributed by atoms with Crippen LogP contribution >= 0.6 is 0 Å². The third-order valence-electron chi connectivity index (χ3n) is 14.8. The Balaban J connectivity index is 1.20. The Hall–Kier alpha value is -5.34. The van der Waals surface area contributed by atoms with Gasteiger partial charge in [-0.15, -0.1) is 0 Å². The molecule has 378 valence electrons. The molecule has 15 nitrogen and oxygen atoms in total. The van der Waals surface area contributed by atoms with Gasteiger partial charge in [-0.25, -0.2) is 28.1 Å². The van der Waals surface area contributed by atoms with Crippen LogP contribution in [0, 0.1) is 50.2 Å². The third kappa shape index (κ3) is 13.7. The van der Waals surface area contributed by atoms with Crippen LogP contribution in [0.1, 0.15) is 157 Å². The van der Waals surface area contributed by atoms with E-state index in [1.54, 1.807) is 36.4 Å². The second-order valence-corrected chi connectivity index (χ2v) is 24.7. The van der Waals surface area contributed by atoms with Gasteiger partial charge in [-0.3, -0.25) is 14.4 Å². The largest absolute Gasteiger partial charge is 0.466 e. The van der Waals surface area contributed by atoms with Crippen molar-refractivity contribution in [3.8, 4) is 0 Å². The van der Waals surface area contributed by atoms with Crippen LogP contribution in [0.5, 0.6) is 0 Å². The van der Waals surface area contributed by atoms with Crippen molar-refractivity contribution in [2.45, 2.75) is 179 Å². The minimum absolute atomic E-state index is 0.0368. The molecule has 3 fully saturated rings. The van der Waals surface area contributed by atoms with E-state index in [0.29, 0.717) is 55.8 Å². The Labute approximate surface area is 405 Å². The van der Waals surface area contributed by atoms with Gasteiger partial charge in [0, 0.05) is 38.9 Å². The molecule has 0 bridgehead atoms. The number of hydrogen-bond acceptors (Lipinski definition) is 12. The maximum atomic E-state index is 15.1. The second kappa shape index (κ2) is 20.2. The summed E-state index contributed by atoms with van der Waals surface area (Å²) in [6, 6.07) is 10.5. The number of esters is 3. The minimum Gasteiger partial charge on any atom is -0.466 e. The quantitative estimate of drug-likeness (QED) is 0.0680. The molecule has 0 amide bonds. The average molecular weight is 958 g/mol. The van der Waals surface area contributed by atoms with Crippen LogP contribution in [0.15, 0.2) is 82.8 Å². The number of rotatable bonds is 18. The van der Waals surface area contributed by atoms with E-state index < -0.39 is 33.3 Å². The van der Waals surface area contributed by atoms with E-state index in [1.807, 2.05) is 0 Å². The summed E-state index contributed by atoms with van der Waals surface area (Å²) in [4.78, 5) is 85.0. The van der Waals surface area contributed by atoms with E-state index in [4.69, 9.17) is 27.5 Å². The first kappa shape index (κ1) is 51.5. The summed E-state index contributed by atoms with van der Waals surface area (Å²) in [7, 11) is 0. The van der Waals surface area contributed by atoms with Gasteiger partial charge in [0.25, 0.3) is 0 Å². The maximum absolute atomic E-state index is 15.1. The Morgan fingerprint density at radius 2 is 0.725 bits per heavy atom. The van der Waals surface area contributed by atoms with E-state index in [9.17, 15) is 14.4 Å². The van der Waals surface area contributed by atoms with Crippen LogP contribution in [-0.4, -0.2) is 31.6 Å². The van der Waals surface area contributed by atoms with Gasteiger partial charge in [-0.1, -0.05) is 62.3 Å². The summed E-state index contributed by atoms with van der Waals surface area (Å²) in [5.41, 5.74) is -4.51. The Morgan fingerprint density at radius 3 is 0.957 bits per heavy atom. The molecule has 0 aromatic carbocycles. The molecule has 7 rings (SSSR count). The van der Waals surface area contributed by atoms with Crippen LogP contribution in [0.2, 0.25) is 0 Å². The molecule has 4 heterocycles. The summed E-state index contributed by atoms with van der Waals surface area (Å²) in [6.45, 7) is 19.4. The van der Waals surface area contributed by atoms with Crippen LogP contribution in [0.3, 0.4) is 0 Å². The fourth-order valence-corrected chi connectivity index (χ4v) is 14.1. The fraction of sp³-hybridized carbons (Fsp3) is 0.667. The lowest BCUT2D eigenvalue weighted by Gasteiger charge is -2.48. The normalized spacial score (nSPS) is 27.3. The molecular formula is C54H75N3O12. The number of nitrogens with zero attached hydrogens (tertiary/aromatic N) is 3. The van der Waals surface area contributed by atoms with Crippen molar-refractivity contribution < 1.29 is 41.8 Å². The summed E-state index contributed by atoms with van der Waals surface area (Å²) < 4.78 is 36.7. The molecule has 0 spiro atoms. The molecular weight excluding hydrogens is 883 g/mol. The SMILES string of the molecule is CC1(C)CC(CC(=O)OCc2ccco2)CC(C)(Cn2c(=O)n(CC3(C)CC(CC(=O)OCc4ccco4)CC(C)(C)C3)c(=O)n(CC3(C)CC(CC(=O)OCc4ccco4)CC(C)(C)C3)c2=O)C1. The Kier molecular flexibility index (Phi) is 15.1. The first-order valence-electron chi connectivity index (χ1n) is 24.8. The highest BCUT2D eigenvalue weighted by atomic mass is 16.5. The summed E-state index contributed by atoms with van der Waals surface area (Å²) in [5, 5.41) is 0. The second-order valence-electron chi connectivity index (χ2n) is 24.7. The lowest BCUT2D eigenvalue weighted by atomic mass is 9.60. The van der Waals surface area contributed by atoms with Gasteiger partial charge in [0.05, 0.1) is 18.8 Å². The van der Waals surface area contributed by atoms with Gasteiger partial charge < -0.3 is 27.5 Å². The number of furan rings is 3. The van der Waals surface area contributed by atoms with Crippen LogP contribution in [-0.2, 0) is 68.0 Å². The van der Waals surface area contributed by atoms with E-state index in [-0.39, 0.29) is 111 Å². The predicted molar refractivity (Wildman–Crippen MR) is 256 cm³/mol. The molecule has 69 heavy (non-hydrogen) atoms. The zero-order chi connectivity index (χ0) is 50.0. The molecule has 3 aliphatic carbocycles. The highest BCUT2D eigenvalue weighted by Gasteiger charge is 2.47. The van der Waals surface area contributed by atoms with Crippen molar-refractivity contribution in [2.24, 2.45) is 50.2 Å². The van der Waals surface area contributed by atoms with Gasteiger partial charge in [0.1, 0.15) is 37.1 Å².